The van der Waals surface area contributed by atoms with E-state index in [2.05, 4.69) is 10.6 Å². The van der Waals surface area contributed by atoms with Crippen molar-refractivity contribution in [2.24, 2.45) is 0 Å². The van der Waals surface area contributed by atoms with E-state index in [1.165, 1.54) is 0 Å². The van der Waals surface area contributed by atoms with Gasteiger partial charge in [-0.05, 0) is 25.1 Å². The number of rotatable bonds is 9. The van der Waals surface area contributed by atoms with Crippen LogP contribution in [0.5, 0.6) is 17.2 Å². The van der Waals surface area contributed by atoms with Crippen LogP contribution in [0.1, 0.15) is 12.0 Å². The molecule has 1 aromatic carbocycles. The van der Waals surface area contributed by atoms with Gasteiger partial charge in [-0.25, -0.2) is 0 Å². The van der Waals surface area contributed by atoms with Crippen molar-refractivity contribution < 1.29 is 19.0 Å². The summed E-state index contributed by atoms with van der Waals surface area (Å²) in [5, 5.41) is 5.82. The van der Waals surface area contributed by atoms with Crippen LogP contribution < -0.4 is 24.8 Å². The molecule has 0 aliphatic heterocycles. The fraction of sp³-hybridized carbons (Fsp3) is 0.533. The molecule has 0 saturated heterocycles. The Morgan fingerprint density at radius 1 is 1.05 bits per heavy atom. The summed E-state index contributed by atoms with van der Waals surface area (Å²) in [4.78, 5) is 11.7. The first-order chi connectivity index (χ1) is 10.2. The maximum absolute atomic E-state index is 11.7. The summed E-state index contributed by atoms with van der Waals surface area (Å²) in [6, 6.07) is 3.71. The third kappa shape index (κ3) is 4.82. The lowest BCUT2D eigenvalue weighted by Gasteiger charge is -2.15. The Labute approximate surface area is 125 Å². The number of carbonyl (C=O) groups excluding carboxylic acids is 1. The minimum Gasteiger partial charge on any atom is -0.493 e. The lowest BCUT2D eigenvalue weighted by Crippen LogP contribution is -2.30. The average Bonchev–Trinajstić information content (AvgIpc) is 2.51. The van der Waals surface area contributed by atoms with E-state index in [0.717, 1.165) is 12.1 Å². The molecule has 21 heavy (non-hydrogen) atoms. The Morgan fingerprint density at radius 3 is 2.33 bits per heavy atom. The number of carbonyl (C=O) groups is 1. The van der Waals surface area contributed by atoms with Gasteiger partial charge in [0.1, 0.15) is 0 Å². The van der Waals surface area contributed by atoms with Crippen molar-refractivity contribution in [3.8, 4) is 17.2 Å². The van der Waals surface area contributed by atoms with Crippen LogP contribution in [0, 0.1) is 0 Å². The molecule has 6 heteroatoms. The van der Waals surface area contributed by atoms with Gasteiger partial charge < -0.3 is 24.8 Å². The molecule has 0 atom stereocenters. The number of amides is 1. The fourth-order valence-corrected chi connectivity index (χ4v) is 2.02. The Hall–Kier alpha value is -1.95. The van der Waals surface area contributed by atoms with E-state index < -0.39 is 0 Å². The molecule has 2 N–H and O–H groups in total. The van der Waals surface area contributed by atoms with Gasteiger partial charge in [0.15, 0.2) is 11.5 Å². The van der Waals surface area contributed by atoms with Crippen LogP contribution >= 0.6 is 0 Å². The van der Waals surface area contributed by atoms with Crippen LogP contribution in [0.15, 0.2) is 12.1 Å². The van der Waals surface area contributed by atoms with Gasteiger partial charge in [0.25, 0.3) is 0 Å². The largest absolute Gasteiger partial charge is 0.493 e. The van der Waals surface area contributed by atoms with Gasteiger partial charge in [0, 0.05) is 19.5 Å². The number of methoxy groups -OCH3 is 3. The van der Waals surface area contributed by atoms with Crippen LogP contribution in [0.25, 0.3) is 0 Å². The molecule has 0 spiro atoms. The van der Waals surface area contributed by atoms with Crippen LogP contribution in [0.3, 0.4) is 0 Å². The zero-order valence-electron chi connectivity index (χ0n) is 13.1. The topological polar surface area (TPSA) is 68.8 Å². The van der Waals surface area contributed by atoms with Crippen LogP contribution in [-0.4, -0.2) is 47.4 Å². The van der Waals surface area contributed by atoms with Crippen molar-refractivity contribution in [1.82, 2.24) is 10.6 Å². The molecule has 0 bridgehead atoms. The third-order valence-electron chi connectivity index (χ3n) is 3.10. The smallest absolute Gasteiger partial charge is 0.220 e. The minimum absolute atomic E-state index is 0.0158. The monoisotopic (exact) mass is 296 g/mol. The Balaban J connectivity index is 2.72. The number of benzene rings is 1. The van der Waals surface area contributed by atoms with Gasteiger partial charge in [0.05, 0.1) is 21.3 Å². The van der Waals surface area contributed by atoms with Gasteiger partial charge in [-0.15, -0.1) is 0 Å². The third-order valence-corrected chi connectivity index (χ3v) is 3.10. The van der Waals surface area contributed by atoms with E-state index in [9.17, 15) is 4.79 Å². The normalized spacial score (nSPS) is 10.1. The highest BCUT2D eigenvalue weighted by Gasteiger charge is 2.16. The summed E-state index contributed by atoms with van der Waals surface area (Å²) >= 11 is 0. The molecule has 0 saturated carbocycles. The van der Waals surface area contributed by atoms with Crippen molar-refractivity contribution in [1.29, 1.82) is 0 Å². The first-order valence-corrected chi connectivity index (χ1v) is 6.87. The quantitative estimate of drug-likeness (QED) is 0.665. The molecule has 0 heterocycles. The summed E-state index contributed by atoms with van der Waals surface area (Å²) in [5.41, 5.74) is 0.916. The van der Waals surface area contributed by atoms with Crippen LogP contribution in [0.2, 0.25) is 0 Å². The first-order valence-electron chi connectivity index (χ1n) is 6.87. The SMILES string of the molecule is CNCCNC(=O)CCc1ccc(OC)c(OC)c1OC. The van der Waals surface area contributed by atoms with Crippen LogP contribution in [0.4, 0.5) is 0 Å². The Bertz CT molecular complexity index is 463. The highest BCUT2D eigenvalue weighted by molar-refractivity contribution is 5.76. The van der Waals surface area contributed by atoms with Gasteiger partial charge in [-0.3, -0.25) is 4.79 Å². The van der Waals surface area contributed by atoms with Gasteiger partial charge in [-0.1, -0.05) is 6.07 Å². The summed E-state index contributed by atoms with van der Waals surface area (Å²) in [5.74, 6) is 1.78. The standard InChI is InChI=1S/C15H24N2O4/c1-16-9-10-17-13(18)8-6-11-5-7-12(19-2)15(21-4)14(11)20-3/h5,7,16H,6,8-10H2,1-4H3,(H,17,18). The lowest BCUT2D eigenvalue weighted by molar-refractivity contribution is -0.121. The van der Waals surface area contributed by atoms with Crippen LogP contribution in [-0.2, 0) is 11.2 Å². The summed E-state index contributed by atoms with van der Waals surface area (Å²) < 4.78 is 16.0. The van der Waals surface area contributed by atoms with E-state index in [-0.39, 0.29) is 5.91 Å². The lowest BCUT2D eigenvalue weighted by atomic mass is 10.1. The second kappa shape index (κ2) is 9.07. The number of likely N-dealkylation sites (N-methyl/N-ethyl adjacent to an activating group) is 1. The highest BCUT2D eigenvalue weighted by atomic mass is 16.5. The highest BCUT2D eigenvalue weighted by Crippen LogP contribution is 2.40. The molecule has 0 fully saturated rings. The number of ether oxygens (including phenoxy) is 3. The summed E-state index contributed by atoms with van der Waals surface area (Å²) in [6.45, 7) is 1.38. The van der Waals surface area contributed by atoms with Gasteiger partial charge in [0.2, 0.25) is 11.7 Å². The summed E-state index contributed by atoms with van der Waals surface area (Å²) in [7, 11) is 6.56. The predicted molar refractivity (Wildman–Crippen MR) is 81.4 cm³/mol. The molecule has 118 valence electrons. The van der Waals surface area contributed by atoms with Crippen molar-refractivity contribution >= 4 is 5.91 Å². The molecule has 1 rings (SSSR count). The molecule has 1 aromatic rings. The zero-order chi connectivity index (χ0) is 15.7. The van der Waals surface area contributed by atoms with E-state index in [1.54, 1.807) is 21.3 Å². The molecule has 1 amide bonds. The average molecular weight is 296 g/mol. The minimum atomic E-state index is 0.0158. The number of hydrogen-bond acceptors (Lipinski definition) is 5. The molecule has 0 aliphatic rings. The zero-order valence-corrected chi connectivity index (χ0v) is 13.1. The van der Waals surface area contributed by atoms with E-state index >= 15 is 0 Å². The molecule has 0 radical (unpaired) electrons. The maximum Gasteiger partial charge on any atom is 0.220 e. The number of nitrogens with one attached hydrogen (secondary N) is 2. The second-order valence-corrected chi connectivity index (χ2v) is 4.45. The summed E-state index contributed by atoms with van der Waals surface area (Å²) in [6.07, 6.45) is 0.977. The Kier molecular flexibility index (Phi) is 7.39. The van der Waals surface area contributed by atoms with Gasteiger partial charge >= 0.3 is 0 Å². The molecular weight excluding hydrogens is 272 g/mol. The van der Waals surface area contributed by atoms with E-state index in [1.807, 2.05) is 19.2 Å². The predicted octanol–water partition coefficient (Wildman–Crippen LogP) is 0.981. The fourth-order valence-electron chi connectivity index (χ4n) is 2.02. The number of aryl methyl sites for hydroxylation is 1. The van der Waals surface area contributed by atoms with E-state index in [0.29, 0.717) is 36.6 Å². The van der Waals surface area contributed by atoms with Crippen molar-refractivity contribution in [3.05, 3.63) is 17.7 Å². The first kappa shape index (κ1) is 17.1. The van der Waals surface area contributed by atoms with Crippen molar-refractivity contribution in [2.75, 3.05) is 41.5 Å². The maximum atomic E-state index is 11.7. The van der Waals surface area contributed by atoms with Crippen molar-refractivity contribution in [3.63, 3.8) is 0 Å². The molecule has 0 aromatic heterocycles. The van der Waals surface area contributed by atoms with Gasteiger partial charge in [-0.2, -0.15) is 0 Å². The Morgan fingerprint density at radius 2 is 1.76 bits per heavy atom. The molecular formula is C15H24N2O4. The molecule has 0 unspecified atom stereocenters. The second-order valence-electron chi connectivity index (χ2n) is 4.45. The molecule has 0 aliphatic carbocycles. The van der Waals surface area contributed by atoms with Crippen molar-refractivity contribution in [2.45, 2.75) is 12.8 Å². The van der Waals surface area contributed by atoms with E-state index in [4.69, 9.17) is 14.2 Å². The molecule has 6 nitrogen and oxygen atoms in total. The number of hydrogen-bond donors (Lipinski definition) is 2.